The number of nitrogens with zero attached hydrogens (tertiary/aromatic N) is 4. The largest absolute Gasteiger partial charge is 0.371 e. The number of hydrogen-bond acceptors (Lipinski definition) is 5. The molecule has 3 heterocycles. The summed E-state index contributed by atoms with van der Waals surface area (Å²) >= 11 is 0. The van der Waals surface area contributed by atoms with Crippen LogP contribution in [-0.2, 0) is 20.7 Å². The number of benzene rings is 2. The second-order valence-electron chi connectivity index (χ2n) is 7.81. The van der Waals surface area contributed by atoms with E-state index < -0.39 is 0 Å². The van der Waals surface area contributed by atoms with Gasteiger partial charge in [-0.15, -0.1) is 0 Å². The third-order valence-electron chi connectivity index (χ3n) is 5.80. The standard InChI is InChI=1S/C23H24N4O3/c28-23(10-17-6-8-19(9-7-17)18-4-2-1-3-5-18)26-11-21-22(12-26)30-14-20(13-29-21)27-16-24-15-25-27/h1-9,15-16,20-22H,10-14H2/t21-,22-/m0/s1. The topological polar surface area (TPSA) is 69.5 Å². The highest BCUT2D eigenvalue weighted by Crippen LogP contribution is 2.25. The second kappa shape index (κ2) is 8.38. The Morgan fingerprint density at radius 1 is 0.933 bits per heavy atom. The molecule has 2 aromatic carbocycles. The van der Waals surface area contributed by atoms with E-state index in [1.54, 1.807) is 11.0 Å². The van der Waals surface area contributed by atoms with E-state index in [0.29, 0.717) is 32.7 Å². The molecule has 1 aromatic heterocycles. The van der Waals surface area contributed by atoms with E-state index >= 15 is 0 Å². The summed E-state index contributed by atoms with van der Waals surface area (Å²) in [4.78, 5) is 18.7. The zero-order chi connectivity index (χ0) is 20.3. The quantitative estimate of drug-likeness (QED) is 0.668. The molecule has 7 heteroatoms. The van der Waals surface area contributed by atoms with Crippen LogP contribution >= 0.6 is 0 Å². The summed E-state index contributed by atoms with van der Waals surface area (Å²) in [5.74, 6) is 0.107. The van der Waals surface area contributed by atoms with E-state index in [4.69, 9.17) is 9.47 Å². The van der Waals surface area contributed by atoms with Gasteiger partial charge in [0.25, 0.3) is 0 Å². The van der Waals surface area contributed by atoms with Gasteiger partial charge in [0.1, 0.15) is 30.9 Å². The molecule has 30 heavy (non-hydrogen) atoms. The van der Waals surface area contributed by atoms with Crippen LogP contribution in [0.3, 0.4) is 0 Å². The Bertz CT molecular complexity index is 959. The van der Waals surface area contributed by atoms with Gasteiger partial charge in [-0.2, -0.15) is 5.10 Å². The predicted molar refractivity (Wildman–Crippen MR) is 111 cm³/mol. The van der Waals surface area contributed by atoms with Crippen LogP contribution in [0.2, 0.25) is 0 Å². The molecule has 2 atom stereocenters. The zero-order valence-electron chi connectivity index (χ0n) is 16.6. The maximum Gasteiger partial charge on any atom is 0.227 e. The third kappa shape index (κ3) is 3.99. The molecule has 0 unspecified atom stereocenters. The average Bonchev–Trinajstić information content (AvgIpc) is 3.42. The number of aromatic nitrogens is 3. The number of carbonyl (C=O) groups is 1. The van der Waals surface area contributed by atoms with Crippen LogP contribution in [0.4, 0.5) is 0 Å². The Hall–Kier alpha value is -3.03. The van der Waals surface area contributed by atoms with Crippen molar-refractivity contribution in [2.75, 3.05) is 26.3 Å². The SMILES string of the molecule is O=C(Cc1ccc(-c2ccccc2)cc1)N1C[C@@H]2OCC(n3cncn3)CO[C@H]2C1. The lowest BCUT2D eigenvalue weighted by molar-refractivity contribution is -0.130. The molecule has 0 bridgehead atoms. The highest BCUT2D eigenvalue weighted by Gasteiger charge is 2.39. The zero-order valence-corrected chi connectivity index (χ0v) is 16.6. The number of amides is 1. The van der Waals surface area contributed by atoms with Crippen molar-refractivity contribution < 1.29 is 14.3 Å². The van der Waals surface area contributed by atoms with Crippen molar-refractivity contribution in [2.24, 2.45) is 0 Å². The molecule has 7 nitrogen and oxygen atoms in total. The molecule has 2 aliphatic heterocycles. The minimum absolute atomic E-state index is 0.0189. The normalized spacial score (nSPS) is 21.9. The number of hydrogen-bond donors (Lipinski definition) is 0. The van der Waals surface area contributed by atoms with Gasteiger partial charge in [-0.25, -0.2) is 9.67 Å². The monoisotopic (exact) mass is 404 g/mol. The molecular weight excluding hydrogens is 380 g/mol. The fourth-order valence-electron chi connectivity index (χ4n) is 4.08. The first-order chi connectivity index (χ1) is 14.8. The van der Waals surface area contributed by atoms with E-state index in [1.807, 2.05) is 35.2 Å². The Balaban J connectivity index is 1.17. The molecule has 1 amide bonds. The number of carbonyl (C=O) groups excluding carboxylic acids is 1. The molecule has 0 saturated carbocycles. The summed E-state index contributed by atoms with van der Waals surface area (Å²) in [5, 5.41) is 4.17. The van der Waals surface area contributed by atoms with Gasteiger partial charge in [-0.05, 0) is 16.7 Å². The van der Waals surface area contributed by atoms with E-state index in [1.165, 1.54) is 11.9 Å². The van der Waals surface area contributed by atoms with E-state index in [0.717, 1.165) is 11.1 Å². The third-order valence-corrected chi connectivity index (χ3v) is 5.80. The first-order valence-corrected chi connectivity index (χ1v) is 10.3. The van der Waals surface area contributed by atoms with Gasteiger partial charge in [0, 0.05) is 13.1 Å². The Labute approximate surface area is 175 Å². The van der Waals surface area contributed by atoms with E-state index in [-0.39, 0.29) is 24.2 Å². The smallest absolute Gasteiger partial charge is 0.227 e. The Morgan fingerprint density at radius 2 is 1.60 bits per heavy atom. The van der Waals surface area contributed by atoms with Crippen LogP contribution in [0.25, 0.3) is 11.1 Å². The summed E-state index contributed by atoms with van der Waals surface area (Å²) in [6.07, 6.45) is 3.39. The van der Waals surface area contributed by atoms with Crippen molar-refractivity contribution in [1.82, 2.24) is 19.7 Å². The van der Waals surface area contributed by atoms with Gasteiger partial charge in [-0.3, -0.25) is 4.79 Å². The van der Waals surface area contributed by atoms with Crippen LogP contribution < -0.4 is 0 Å². The van der Waals surface area contributed by atoms with Crippen molar-refractivity contribution in [3.05, 3.63) is 72.8 Å². The molecule has 3 aromatic rings. The molecule has 5 rings (SSSR count). The summed E-state index contributed by atoms with van der Waals surface area (Å²) in [6, 6.07) is 18.5. The van der Waals surface area contributed by atoms with Crippen LogP contribution in [0.5, 0.6) is 0 Å². The van der Waals surface area contributed by atoms with Crippen LogP contribution in [0, 0.1) is 0 Å². The van der Waals surface area contributed by atoms with Gasteiger partial charge >= 0.3 is 0 Å². The van der Waals surface area contributed by atoms with Crippen LogP contribution in [-0.4, -0.2) is 64.1 Å². The minimum atomic E-state index is -0.0945. The van der Waals surface area contributed by atoms with Gasteiger partial charge in [0.2, 0.25) is 5.91 Å². The van der Waals surface area contributed by atoms with E-state index in [9.17, 15) is 4.79 Å². The Morgan fingerprint density at radius 3 is 2.23 bits per heavy atom. The molecular formula is C23H24N4O3. The summed E-state index contributed by atoms with van der Waals surface area (Å²) < 4.78 is 13.9. The fourth-order valence-corrected chi connectivity index (χ4v) is 4.08. The lowest BCUT2D eigenvalue weighted by atomic mass is 10.0. The van der Waals surface area contributed by atoms with Gasteiger partial charge in [0.05, 0.1) is 19.6 Å². The number of rotatable bonds is 4. The first-order valence-electron chi connectivity index (χ1n) is 10.3. The first kappa shape index (κ1) is 19.0. The number of likely N-dealkylation sites (tertiary alicyclic amines) is 1. The van der Waals surface area contributed by atoms with Gasteiger partial charge in [-0.1, -0.05) is 54.6 Å². The van der Waals surface area contributed by atoms with Crippen LogP contribution in [0.15, 0.2) is 67.3 Å². The summed E-state index contributed by atoms with van der Waals surface area (Å²) in [6.45, 7) is 2.15. The predicted octanol–water partition coefficient (Wildman–Crippen LogP) is 2.36. The van der Waals surface area contributed by atoms with E-state index in [2.05, 4.69) is 34.3 Å². The number of ether oxygens (including phenoxy) is 2. The van der Waals surface area contributed by atoms with Crippen molar-refractivity contribution in [1.29, 1.82) is 0 Å². The fraction of sp³-hybridized carbons (Fsp3) is 0.348. The molecule has 2 fully saturated rings. The maximum absolute atomic E-state index is 12.8. The lowest BCUT2D eigenvalue weighted by Gasteiger charge is -2.19. The van der Waals surface area contributed by atoms with Gasteiger partial charge in [0.15, 0.2) is 0 Å². The second-order valence-corrected chi connectivity index (χ2v) is 7.81. The van der Waals surface area contributed by atoms with Crippen LogP contribution in [0.1, 0.15) is 11.6 Å². The lowest BCUT2D eigenvalue weighted by Crippen LogP contribution is -2.32. The molecule has 2 saturated heterocycles. The molecule has 0 spiro atoms. The molecule has 0 N–H and O–H groups in total. The Kier molecular flexibility index (Phi) is 5.29. The number of fused-ring (bicyclic) bond motifs is 1. The average molecular weight is 404 g/mol. The molecule has 0 radical (unpaired) electrons. The van der Waals surface area contributed by atoms with Gasteiger partial charge < -0.3 is 14.4 Å². The minimum Gasteiger partial charge on any atom is -0.371 e. The molecule has 154 valence electrons. The molecule has 2 aliphatic rings. The highest BCUT2D eigenvalue weighted by molar-refractivity contribution is 5.79. The van der Waals surface area contributed by atoms with Crippen molar-refractivity contribution in [2.45, 2.75) is 24.7 Å². The maximum atomic E-state index is 12.8. The van der Waals surface area contributed by atoms with Crippen molar-refractivity contribution in [3.63, 3.8) is 0 Å². The summed E-state index contributed by atoms with van der Waals surface area (Å²) in [5.41, 5.74) is 3.34. The summed E-state index contributed by atoms with van der Waals surface area (Å²) in [7, 11) is 0. The highest BCUT2D eigenvalue weighted by atomic mass is 16.6. The van der Waals surface area contributed by atoms with Crippen molar-refractivity contribution >= 4 is 5.91 Å². The molecule has 0 aliphatic carbocycles. The van der Waals surface area contributed by atoms with Crippen molar-refractivity contribution in [3.8, 4) is 11.1 Å².